The molecule has 1 N–H and O–H groups in total. The summed E-state index contributed by atoms with van der Waals surface area (Å²) in [5, 5.41) is 7.57. The van der Waals surface area contributed by atoms with Crippen LogP contribution in [0.25, 0.3) is 0 Å². The summed E-state index contributed by atoms with van der Waals surface area (Å²) in [6, 6.07) is 0.657. The summed E-state index contributed by atoms with van der Waals surface area (Å²) in [5.41, 5.74) is -0.322. The average Bonchev–Trinajstić information content (AvgIpc) is 3.20. The van der Waals surface area contributed by atoms with Crippen molar-refractivity contribution in [3.8, 4) is 0 Å². The third kappa shape index (κ3) is 2.98. The second-order valence-corrected chi connectivity index (χ2v) is 5.78. The van der Waals surface area contributed by atoms with E-state index >= 15 is 0 Å². The Hall–Kier alpha value is -0.940. The number of rotatable bonds is 5. The maximum atomic E-state index is 5.79. The fourth-order valence-electron chi connectivity index (χ4n) is 2.85. The maximum Gasteiger partial charge on any atom is 0.240 e. The molecule has 2 saturated carbocycles. The fourth-order valence-corrected chi connectivity index (χ4v) is 2.85. The Morgan fingerprint density at radius 1 is 1.26 bits per heavy atom. The highest BCUT2D eigenvalue weighted by Gasteiger charge is 2.37. The first-order valence-corrected chi connectivity index (χ1v) is 7.44. The van der Waals surface area contributed by atoms with Crippen molar-refractivity contribution in [2.24, 2.45) is 0 Å². The normalized spacial score (nSPS) is 23.2. The molecule has 0 unspecified atom stereocenters. The number of methoxy groups -OCH3 is 1. The van der Waals surface area contributed by atoms with Crippen LogP contribution in [0.4, 0.5) is 0 Å². The van der Waals surface area contributed by atoms with E-state index in [0.717, 1.165) is 18.7 Å². The molecule has 1 aromatic rings. The molecule has 0 aromatic carbocycles. The van der Waals surface area contributed by atoms with Crippen LogP contribution in [0, 0.1) is 0 Å². The maximum absolute atomic E-state index is 5.79. The van der Waals surface area contributed by atoms with E-state index in [4.69, 9.17) is 9.26 Å². The minimum Gasteiger partial charge on any atom is -0.370 e. The van der Waals surface area contributed by atoms with Crippen molar-refractivity contribution < 1.29 is 9.26 Å². The second-order valence-electron chi connectivity index (χ2n) is 5.78. The van der Waals surface area contributed by atoms with Gasteiger partial charge >= 0.3 is 0 Å². The molecule has 2 fully saturated rings. The lowest BCUT2D eigenvalue weighted by atomic mass is 9.93. The molecule has 2 aliphatic rings. The minimum absolute atomic E-state index is 0.322. The van der Waals surface area contributed by atoms with Gasteiger partial charge < -0.3 is 14.6 Å². The number of aromatic nitrogens is 2. The van der Waals surface area contributed by atoms with Crippen molar-refractivity contribution in [1.82, 2.24) is 15.5 Å². The van der Waals surface area contributed by atoms with Gasteiger partial charge in [0.15, 0.2) is 0 Å². The predicted octanol–water partition coefficient (Wildman–Crippen LogP) is 2.52. The lowest BCUT2D eigenvalue weighted by molar-refractivity contribution is -0.0365. The van der Waals surface area contributed by atoms with Crippen molar-refractivity contribution in [3.05, 3.63) is 11.7 Å². The van der Waals surface area contributed by atoms with E-state index in [1.807, 2.05) is 0 Å². The van der Waals surface area contributed by atoms with Crippen LogP contribution < -0.4 is 5.32 Å². The molecule has 1 aromatic heterocycles. The third-order valence-electron chi connectivity index (χ3n) is 4.30. The summed E-state index contributed by atoms with van der Waals surface area (Å²) in [4.78, 5) is 4.55. The van der Waals surface area contributed by atoms with Crippen LogP contribution in [0.5, 0.6) is 0 Å². The quantitative estimate of drug-likeness (QED) is 0.829. The van der Waals surface area contributed by atoms with Gasteiger partial charge in [0.2, 0.25) is 11.7 Å². The summed E-state index contributed by atoms with van der Waals surface area (Å²) in [6.45, 7) is 0.678. The fraction of sp³-hybridized carbons (Fsp3) is 0.857. The van der Waals surface area contributed by atoms with Gasteiger partial charge in [-0.1, -0.05) is 30.8 Å². The van der Waals surface area contributed by atoms with E-state index in [-0.39, 0.29) is 5.60 Å². The molecular weight excluding hydrogens is 242 g/mol. The van der Waals surface area contributed by atoms with E-state index in [1.54, 1.807) is 7.11 Å². The molecule has 1 heterocycles. The van der Waals surface area contributed by atoms with Crippen LogP contribution in [-0.2, 0) is 16.9 Å². The van der Waals surface area contributed by atoms with E-state index < -0.39 is 0 Å². The summed E-state index contributed by atoms with van der Waals surface area (Å²) < 4.78 is 11.2. The molecule has 0 saturated heterocycles. The lowest BCUT2D eigenvalue weighted by Gasteiger charge is -2.27. The molecule has 19 heavy (non-hydrogen) atoms. The first kappa shape index (κ1) is 13.1. The molecular formula is C14H23N3O2. The van der Waals surface area contributed by atoms with Gasteiger partial charge in [-0.2, -0.15) is 4.98 Å². The number of ether oxygens (including phenoxy) is 1. The molecule has 0 atom stereocenters. The molecule has 0 radical (unpaired) electrons. The Morgan fingerprint density at radius 3 is 2.63 bits per heavy atom. The molecule has 0 aliphatic heterocycles. The zero-order valence-corrected chi connectivity index (χ0v) is 11.7. The molecule has 106 valence electrons. The standard InChI is InChI=1S/C14H23N3O2/c1-18-14(8-4-2-3-5-9-14)13-16-12(19-17-13)10-15-11-6-7-11/h11,15H,2-10H2,1H3. The van der Waals surface area contributed by atoms with E-state index in [9.17, 15) is 0 Å². The minimum atomic E-state index is -0.322. The third-order valence-corrected chi connectivity index (χ3v) is 4.30. The Kier molecular flexibility index (Phi) is 3.84. The first-order valence-electron chi connectivity index (χ1n) is 7.44. The summed E-state index contributed by atoms with van der Waals surface area (Å²) in [7, 11) is 1.77. The van der Waals surface area contributed by atoms with Crippen LogP contribution in [0.3, 0.4) is 0 Å². The van der Waals surface area contributed by atoms with Crippen molar-refractivity contribution in [2.45, 2.75) is 69.6 Å². The molecule has 5 heteroatoms. The van der Waals surface area contributed by atoms with E-state index in [2.05, 4.69) is 15.5 Å². The monoisotopic (exact) mass is 265 g/mol. The number of hydrogen-bond acceptors (Lipinski definition) is 5. The molecule has 0 amide bonds. The van der Waals surface area contributed by atoms with Crippen LogP contribution in [0.1, 0.15) is 63.1 Å². The predicted molar refractivity (Wildman–Crippen MR) is 70.5 cm³/mol. The van der Waals surface area contributed by atoms with Gasteiger partial charge in [-0.3, -0.25) is 0 Å². The van der Waals surface area contributed by atoms with E-state index in [1.165, 1.54) is 38.5 Å². The van der Waals surface area contributed by atoms with Gasteiger partial charge in [0, 0.05) is 13.2 Å². The van der Waals surface area contributed by atoms with Gasteiger partial charge in [-0.15, -0.1) is 0 Å². The first-order chi connectivity index (χ1) is 9.32. The highest BCUT2D eigenvalue weighted by Crippen LogP contribution is 2.37. The number of hydrogen-bond donors (Lipinski definition) is 1. The van der Waals surface area contributed by atoms with Crippen LogP contribution in [-0.4, -0.2) is 23.3 Å². The van der Waals surface area contributed by atoms with Crippen LogP contribution in [0.15, 0.2) is 4.52 Å². The number of nitrogens with zero attached hydrogens (tertiary/aromatic N) is 2. The van der Waals surface area contributed by atoms with Crippen LogP contribution in [0.2, 0.25) is 0 Å². The molecule has 0 bridgehead atoms. The average molecular weight is 265 g/mol. The highest BCUT2D eigenvalue weighted by molar-refractivity contribution is 5.03. The van der Waals surface area contributed by atoms with Gasteiger partial charge in [-0.25, -0.2) is 0 Å². The Labute approximate surface area is 114 Å². The smallest absolute Gasteiger partial charge is 0.240 e. The van der Waals surface area contributed by atoms with E-state index in [0.29, 0.717) is 18.5 Å². The molecule has 2 aliphatic carbocycles. The summed E-state index contributed by atoms with van der Waals surface area (Å²) >= 11 is 0. The van der Waals surface area contributed by atoms with Gasteiger partial charge in [0.1, 0.15) is 5.60 Å². The van der Waals surface area contributed by atoms with Crippen molar-refractivity contribution in [3.63, 3.8) is 0 Å². The van der Waals surface area contributed by atoms with Crippen molar-refractivity contribution in [2.75, 3.05) is 7.11 Å². The molecule has 5 nitrogen and oxygen atoms in total. The SMILES string of the molecule is COC1(c2noc(CNC3CC3)n2)CCCCCC1. The second kappa shape index (κ2) is 5.59. The van der Waals surface area contributed by atoms with Crippen LogP contribution >= 0.6 is 0 Å². The van der Waals surface area contributed by atoms with Crippen molar-refractivity contribution >= 4 is 0 Å². The Morgan fingerprint density at radius 2 is 2.00 bits per heavy atom. The zero-order chi connectivity index (χ0) is 13.1. The van der Waals surface area contributed by atoms with Crippen molar-refractivity contribution in [1.29, 1.82) is 0 Å². The molecule has 0 spiro atoms. The van der Waals surface area contributed by atoms with Gasteiger partial charge in [0.05, 0.1) is 6.54 Å². The summed E-state index contributed by atoms with van der Waals surface area (Å²) in [5.74, 6) is 1.42. The Balaban J connectivity index is 1.70. The zero-order valence-electron chi connectivity index (χ0n) is 11.7. The molecule has 3 rings (SSSR count). The van der Waals surface area contributed by atoms with Gasteiger partial charge in [0.25, 0.3) is 0 Å². The Bertz CT molecular complexity index is 407. The summed E-state index contributed by atoms with van der Waals surface area (Å²) in [6.07, 6.45) is 9.44. The number of nitrogens with one attached hydrogen (secondary N) is 1. The van der Waals surface area contributed by atoms with Gasteiger partial charge in [-0.05, 0) is 25.7 Å². The largest absolute Gasteiger partial charge is 0.370 e. The topological polar surface area (TPSA) is 60.2 Å². The lowest BCUT2D eigenvalue weighted by Crippen LogP contribution is -2.29. The highest BCUT2D eigenvalue weighted by atomic mass is 16.5.